The maximum Gasteiger partial charge on any atom is 0.420 e. The fourth-order valence-corrected chi connectivity index (χ4v) is 5.78. The third kappa shape index (κ3) is 8.85. The van der Waals surface area contributed by atoms with E-state index in [-0.39, 0.29) is 37.3 Å². The van der Waals surface area contributed by atoms with E-state index in [1.807, 2.05) is 0 Å². The van der Waals surface area contributed by atoms with Gasteiger partial charge in [-0.2, -0.15) is 0 Å². The minimum atomic E-state index is -0.787. The van der Waals surface area contributed by atoms with Crippen molar-refractivity contribution in [2.24, 2.45) is 0 Å². The molecule has 50 heavy (non-hydrogen) atoms. The van der Waals surface area contributed by atoms with E-state index in [2.05, 4.69) is 25.3 Å². The number of aromatic nitrogens is 6. The summed E-state index contributed by atoms with van der Waals surface area (Å²) in [6, 6.07) is 7.57. The zero-order valence-corrected chi connectivity index (χ0v) is 29.8. The van der Waals surface area contributed by atoms with Gasteiger partial charge in [0.25, 0.3) is 0 Å². The molecule has 4 aromatic heterocycles. The average molecular weight is 707 g/mol. The zero-order chi connectivity index (χ0) is 36.2. The lowest BCUT2D eigenvalue weighted by molar-refractivity contribution is 0.0253. The summed E-state index contributed by atoms with van der Waals surface area (Å²) in [5.41, 5.74) is 0.323. The number of hydrogen-bond acceptors (Lipinski definition) is 13. The lowest BCUT2D eigenvalue weighted by Crippen LogP contribution is -2.39. The average Bonchev–Trinajstić information content (AvgIpc) is 3.63. The Balaban J connectivity index is 1.38. The van der Waals surface area contributed by atoms with Crippen LogP contribution in [0.3, 0.4) is 0 Å². The Bertz CT molecular complexity index is 2030. The van der Waals surface area contributed by atoms with Crippen LogP contribution in [-0.2, 0) is 33.6 Å². The number of ether oxygens (including phenoxy) is 3. The Morgan fingerprint density at radius 2 is 1.70 bits per heavy atom. The van der Waals surface area contributed by atoms with Crippen LogP contribution in [0.5, 0.6) is 0 Å². The molecular formula is C34H39FN8O6S. The van der Waals surface area contributed by atoms with Crippen molar-refractivity contribution in [3.05, 3.63) is 70.8 Å². The second kappa shape index (κ2) is 14.7. The Morgan fingerprint density at radius 1 is 0.960 bits per heavy atom. The van der Waals surface area contributed by atoms with Crippen LogP contribution in [0.4, 0.5) is 19.8 Å². The van der Waals surface area contributed by atoms with Gasteiger partial charge in [0.05, 0.1) is 41.0 Å². The highest BCUT2D eigenvalue weighted by atomic mass is 32.1. The number of hydrogen-bond donors (Lipinski definition) is 1. The number of anilines is 1. The molecule has 14 nitrogen and oxygen atoms in total. The van der Waals surface area contributed by atoms with E-state index < -0.39 is 35.2 Å². The summed E-state index contributed by atoms with van der Waals surface area (Å²) in [6.45, 7) is 11.1. The molecule has 0 unspecified atom stereocenters. The number of thiazole rings is 1. The predicted octanol–water partition coefficient (Wildman–Crippen LogP) is 6.17. The first-order valence-corrected chi connectivity index (χ1v) is 16.7. The number of methoxy groups -OCH3 is 1. The molecule has 1 aromatic carbocycles. The summed E-state index contributed by atoms with van der Waals surface area (Å²) in [5.74, 6) is -0.204. The van der Waals surface area contributed by atoms with Crippen molar-refractivity contribution in [2.75, 3.05) is 25.5 Å². The van der Waals surface area contributed by atoms with Gasteiger partial charge < -0.3 is 24.4 Å². The minimum Gasteiger partial charge on any atom is -0.465 e. The van der Waals surface area contributed by atoms with E-state index in [0.717, 1.165) is 0 Å². The molecule has 0 atom stereocenters. The van der Waals surface area contributed by atoms with E-state index in [9.17, 15) is 18.8 Å². The van der Waals surface area contributed by atoms with Crippen molar-refractivity contribution in [3.8, 4) is 0 Å². The summed E-state index contributed by atoms with van der Waals surface area (Å²) in [4.78, 5) is 63.3. The van der Waals surface area contributed by atoms with Crippen molar-refractivity contribution < 1.29 is 33.0 Å². The molecule has 0 spiro atoms. The number of esters is 1. The van der Waals surface area contributed by atoms with E-state index in [4.69, 9.17) is 19.2 Å². The number of benzene rings is 1. The SMILES string of the molecule is COC(=O)c1ccc2c(c1)nc(CCN(CCc1nc3c(NCc4ncccc4F)ncnc3s1)C(=O)OC(C)(C)C)n2C(=O)OC(C)(C)C. The number of amides is 1. The van der Waals surface area contributed by atoms with Gasteiger partial charge in [0.1, 0.15) is 39.5 Å². The van der Waals surface area contributed by atoms with E-state index in [1.165, 1.54) is 52.6 Å². The smallest absolute Gasteiger partial charge is 0.420 e. The maximum atomic E-state index is 14.1. The molecule has 1 amide bonds. The summed E-state index contributed by atoms with van der Waals surface area (Å²) in [5, 5.41) is 3.78. The molecule has 16 heteroatoms. The molecule has 0 aliphatic carbocycles. The number of nitrogens with one attached hydrogen (secondary N) is 1. The number of nitrogens with zero attached hydrogens (tertiary/aromatic N) is 7. The summed E-state index contributed by atoms with van der Waals surface area (Å²) >= 11 is 1.35. The van der Waals surface area contributed by atoms with Gasteiger partial charge in [-0.05, 0) is 71.9 Å². The standard InChI is InChI=1S/C34H39FN8O6S/c1-33(2,3)48-31(45)42(16-13-26-41-27-28(38-19-39-29(27)50-26)37-18-23-21(35)9-8-14-36-23)15-12-25-40-22-17-20(30(44)47-7)10-11-24(22)43(25)32(46)49-34(4,5)6/h8-11,14,17,19H,12-13,15-16,18H2,1-7H3,(H,37,38,39). The van der Waals surface area contributed by atoms with Crippen molar-refractivity contribution in [1.82, 2.24) is 34.4 Å². The first-order chi connectivity index (χ1) is 23.6. The first kappa shape index (κ1) is 36.0. The van der Waals surface area contributed by atoms with E-state index >= 15 is 0 Å². The van der Waals surface area contributed by atoms with Crippen LogP contribution in [0.15, 0.2) is 42.9 Å². The van der Waals surface area contributed by atoms with Gasteiger partial charge >= 0.3 is 18.2 Å². The molecular weight excluding hydrogens is 667 g/mol. The minimum absolute atomic E-state index is 0.107. The van der Waals surface area contributed by atoms with Crippen LogP contribution in [-0.4, -0.2) is 83.9 Å². The highest BCUT2D eigenvalue weighted by Gasteiger charge is 2.27. The van der Waals surface area contributed by atoms with Crippen LogP contribution in [0.2, 0.25) is 0 Å². The van der Waals surface area contributed by atoms with Gasteiger partial charge in [-0.1, -0.05) is 11.3 Å². The number of carbonyl (C=O) groups excluding carboxylic acids is 3. The van der Waals surface area contributed by atoms with Gasteiger partial charge in [-0.25, -0.2) is 43.3 Å². The third-order valence-corrected chi connectivity index (χ3v) is 8.09. The van der Waals surface area contributed by atoms with Crippen LogP contribution >= 0.6 is 11.3 Å². The highest BCUT2D eigenvalue weighted by Crippen LogP contribution is 2.26. The number of rotatable bonds is 10. The normalized spacial score (nSPS) is 11.8. The molecule has 0 aliphatic rings. The lowest BCUT2D eigenvalue weighted by Gasteiger charge is -2.27. The fourth-order valence-electron chi connectivity index (χ4n) is 4.89. The topological polar surface area (TPSA) is 164 Å². The Morgan fingerprint density at radius 3 is 2.40 bits per heavy atom. The molecule has 1 N–H and O–H groups in total. The number of fused-ring (bicyclic) bond motifs is 2. The molecule has 5 rings (SSSR count). The van der Waals surface area contributed by atoms with Crippen LogP contribution in [0, 0.1) is 5.82 Å². The van der Waals surface area contributed by atoms with E-state index in [0.29, 0.717) is 44.5 Å². The van der Waals surface area contributed by atoms with E-state index in [1.54, 1.807) is 59.7 Å². The largest absolute Gasteiger partial charge is 0.465 e. The summed E-state index contributed by atoms with van der Waals surface area (Å²) < 4.78 is 31.7. The monoisotopic (exact) mass is 706 g/mol. The fraction of sp³-hybridized carbons (Fsp3) is 0.412. The second-order valence-electron chi connectivity index (χ2n) is 13.3. The first-order valence-electron chi connectivity index (χ1n) is 15.9. The molecule has 0 fully saturated rings. The third-order valence-electron chi connectivity index (χ3n) is 7.07. The summed E-state index contributed by atoms with van der Waals surface area (Å²) in [6.07, 6.45) is 2.24. The number of pyridine rings is 1. The number of carbonyl (C=O) groups is 3. The molecule has 0 aliphatic heterocycles. The summed E-state index contributed by atoms with van der Waals surface area (Å²) in [7, 11) is 1.28. The van der Waals surface area contributed by atoms with Gasteiger partial charge in [0.2, 0.25) is 0 Å². The van der Waals surface area contributed by atoms with Gasteiger partial charge in [-0.3, -0.25) is 4.98 Å². The second-order valence-corrected chi connectivity index (χ2v) is 14.3. The Kier molecular flexibility index (Phi) is 10.6. The van der Waals surface area contributed by atoms with Crippen molar-refractivity contribution >= 4 is 56.7 Å². The van der Waals surface area contributed by atoms with Gasteiger partial charge in [-0.15, -0.1) is 0 Å². The zero-order valence-electron chi connectivity index (χ0n) is 28.9. The highest BCUT2D eigenvalue weighted by molar-refractivity contribution is 7.18. The maximum absolute atomic E-state index is 14.1. The van der Waals surface area contributed by atoms with Crippen molar-refractivity contribution in [2.45, 2.75) is 72.1 Å². The van der Waals surface area contributed by atoms with Crippen LogP contribution in [0.1, 0.15) is 68.4 Å². The van der Waals surface area contributed by atoms with Gasteiger partial charge in [0.15, 0.2) is 5.82 Å². The predicted molar refractivity (Wildman–Crippen MR) is 185 cm³/mol. The Labute approximate surface area is 292 Å². The van der Waals surface area contributed by atoms with Crippen molar-refractivity contribution in [1.29, 1.82) is 0 Å². The molecule has 264 valence electrons. The van der Waals surface area contributed by atoms with Crippen LogP contribution < -0.4 is 5.32 Å². The quantitative estimate of drug-likeness (QED) is 0.130. The number of halogens is 1. The molecule has 4 heterocycles. The van der Waals surface area contributed by atoms with Gasteiger partial charge in [0, 0.05) is 32.1 Å². The molecule has 0 bridgehead atoms. The molecule has 0 saturated heterocycles. The van der Waals surface area contributed by atoms with Crippen LogP contribution in [0.25, 0.3) is 21.4 Å². The Hall–Kier alpha value is -5.25. The number of imidazole rings is 1. The molecule has 5 aromatic rings. The molecule has 0 radical (unpaired) electrons. The lowest BCUT2D eigenvalue weighted by atomic mass is 10.2. The molecule has 0 saturated carbocycles. The van der Waals surface area contributed by atoms with Crippen molar-refractivity contribution in [3.63, 3.8) is 0 Å².